The zero-order valence-corrected chi connectivity index (χ0v) is 35.9. The van der Waals surface area contributed by atoms with Crippen LogP contribution in [0.2, 0.25) is 0 Å². The molecule has 0 saturated carbocycles. The maximum atomic E-state index is 6.14. The summed E-state index contributed by atoms with van der Waals surface area (Å²) in [5.74, 6) is 0.498. The topological polar surface area (TPSA) is 16.4 Å². The third-order valence-corrected chi connectivity index (χ3v) is 12.8. The molecule has 2 nitrogen and oxygen atoms in total. The highest BCUT2D eigenvalue weighted by Gasteiger charge is 2.35. The predicted molar refractivity (Wildman–Crippen MR) is 257 cm³/mol. The van der Waals surface area contributed by atoms with E-state index in [2.05, 4.69) is 203 Å². The lowest BCUT2D eigenvalue weighted by molar-refractivity contribution is 0.660. The van der Waals surface area contributed by atoms with Crippen molar-refractivity contribution >= 4 is 39.0 Å². The molecule has 1 unspecified atom stereocenters. The molecule has 0 bridgehead atoms. The molecule has 0 N–H and O–H groups in total. The fourth-order valence-corrected chi connectivity index (χ4v) is 9.41. The number of anilines is 3. The third-order valence-electron chi connectivity index (χ3n) is 12.8. The van der Waals surface area contributed by atoms with E-state index in [1.165, 1.54) is 66.8 Å². The van der Waals surface area contributed by atoms with E-state index in [1.807, 2.05) is 26.0 Å². The molecule has 0 spiro atoms. The van der Waals surface area contributed by atoms with Crippen LogP contribution in [0.5, 0.6) is 0 Å². The van der Waals surface area contributed by atoms with E-state index in [4.69, 9.17) is 4.42 Å². The number of fused-ring (bicyclic) bond motifs is 6. The quantitative estimate of drug-likeness (QED) is 0.153. The highest BCUT2D eigenvalue weighted by molar-refractivity contribution is 6.06. The minimum Gasteiger partial charge on any atom is -0.456 e. The molecule has 0 amide bonds. The molecule has 0 saturated heterocycles. The van der Waals surface area contributed by atoms with Gasteiger partial charge in [0.2, 0.25) is 0 Å². The van der Waals surface area contributed by atoms with Crippen LogP contribution in [0, 0.1) is 6.92 Å². The van der Waals surface area contributed by atoms with Crippen molar-refractivity contribution < 1.29 is 4.42 Å². The number of nitrogens with zero attached hydrogens (tertiary/aromatic N) is 1. The Bertz CT molecular complexity index is 2980. The number of rotatable bonds is 8. The number of hydrogen-bond donors (Lipinski definition) is 0. The van der Waals surface area contributed by atoms with Crippen molar-refractivity contribution in [1.82, 2.24) is 0 Å². The second-order valence-electron chi connectivity index (χ2n) is 16.5. The van der Waals surface area contributed by atoms with Gasteiger partial charge in [-0.05, 0) is 141 Å². The van der Waals surface area contributed by atoms with Gasteiger partial charge < -0.3 is 9.32 Å². The van der Waals surface area contributed by atoms with Gasteiger partial charge in [0, 0.05) is 33.2 Å². The van der Waals surface area contributed by atoms with Gasteiger partial charge in [0.15, 0.2) is 0 Å². The summed E-state index contributed by atoms with van der Waals surface area (Å²) in [6.45, 7) is 15.6. The average Bonchev–Trinajstić information content (AvgIpc) is 3.78. The van der Waals surface area contributed by atoms with E-state index in [0.717, 1.165) is 45.4 Å². The molecule has 9 aromatic rings. The minimum absolute atomic E-state index is 0.104. The van der Waals surface area contributed by atoms with Crippen LogP contribution >= 0.6 is 0 Å². The van der Waals surface area contributed by atoms with Gasteiger partial charge in [-0.1, -0.05) is 163 Å². The van der Waals surface area contributed by atoms with E-state index in [0.29, 0.717) is 5.92 Å². The molecule has 0 fully saturated rings. The van der Waals surface area contributed by atoms with Gasteiger partial charge in [-0.25, -0.2) is 0 Å². The van der Waals surface area contributed by atoms with E-state index in [1.54, 1.807) is 0 Å². The minimum atomic E-state index is -0.104. The average molecular weight is 780 g/mol. The fraction of sp³-hybridized carbons (Fsp3) is 0.172. The lowest BCUT2D eigenvalue weighted by Gasteiger charge is -2.28. The van der Waals surface area contributed by atoms with Crippen LogP contribution in [0.15, 0.2) is 180 Å². The van der Waals surface area contributed by atoms with Gasteiger partial charge in [0.1, 0.15) is 11.2 Å². The summed E-state index contributed by atoms with van der Waals surface area (Å²) >= 11 is 0. The number of furan rings is 1. The monoisotopic (exact) mass is 779 g/mol. The van der Waals surface area contributed by atoms with Crippen LogP contribution < -0.4 is 4.90 Å². The van der Waals surface area contributed by atoms with Crippen LogP contribution in [0.4, 0.5) is 17.1 Å². The van der Waals surface area contributed by atoms with Gasteiger partial charge in [-0.3, -0.25) is 0 Å². The van der Waals surface area contributed by atoms with Gasteiger partial charge in [0.05, 0.1) is 0 Å². The molecule has 0 aliphatic heterocycles. The summed E-state index contributed by atoms with van der Waals surface area (Å²) in [4.78, 5) is 2.41. The Kier molecular flexibility index (Phi) is 10.3. The van der Waals surface area contributed by atoms with Crippen LogP contribution in [-0.2, 0) is 5.41 Å². The van der Waals surface area contributed by atoms with Crippen LogP contribution in [-0.4, -0.2) is 0 Å². The van der Waals surface area contributed by atoms with Crippen molar-refractivity contribution in [3.05, 3.63) is 198 Å². The second-order valence-corrected chi connectivity index (χ2v) is 16.5. The van der Waals surface area contributed by atoms with Gasteiger partial charge >= 0.3 is 0 Å². The van der Waals surface area contributed by atoms with Crippen molar-refractivity contribution in [2.45, 2.75) is 66.2 Å². The first-order valence-electron chi connectivity index (χ1n) is 21.7. The van der Waals surface area contributed by atoms with Crippen LogP contribution in [0.3, 0.4) is 0 Å². The van der Waals surface area contributed by atoms with Gasteiger partial charge in [-0.2, -0.15) is 0 Å². The zero-order chi connectivity index (χ0) is 41.5. The summed E-state index contributed by atoms with van der Waals surface area (Å²) in [5, 5.41) is 2.28. The van der Waals surface area contributed by atoms with Crippen molar-refractivity contribution in [2.75, 3.05) is 4.90 Å². The first kappa shape index (κ1) is 38.9. The van der Waals surface area contributed by atoms with E-state index in [9.17, 15) is 0 Å². The Morgan fingerprint density at radius 1 is 0.483 bits per heavy atom. The Morgan fingerprint density at radius 3 is 1.80 bits per heavy atom. The summed E-state index contributed by atoms with van der Waals surface area (Å²) < 4.78 is 6.14. The highest BCUT2D eigenvalue weighted by Crippen LogP contribution is 2.51. The summed E-state index contributed by atoms with van der Waals surface area (Å²) in [7, 11) is 0. The Labute approximate surface area is 355 Å². The van der Waals surface area contributed by atoms with Crippen molar-refractivity contribution in [2.24, 2.45) is 0 Å². The Balaban J connectivity index is 0.00000228. The lowest BCUT2D eigenvalue weighted by atomic mass is 9.82. The second kappa shape index (κ2) is 15.8. The summed E-state index contributed by atoms with van der Waals surface area (Å²) in [6, 6.07) is 64.5. The summed E-state index contributed by atoms with van der Waals surface area (Å²) in [6.07, 6.45) is 1.11. The largest absolute Gasteiger partial charge is 0.456 e. The molecule has 10 rings (SSSR count). The lowest BCUT2D eigenvalue weighted by Crippen LogP contribution is -2.16. The van der Waals surface area contributed by atoms with E-state index < -0.39 is 0 Å². The summed E-state index contributed by atoms with van der Waals surface area (Å²) in [5.41, 5.74) is 20.7. The molecular formula is C58H53NO. The SMILES string of the molecule is CC.CCC(C)c1ccccc1-c1cccc(-c2ccc(N(c3ccc(-c4ccc5oc6ccccc6c5c4)cc3)c3ccc4c(c3)C(C)(C)c3ccccc3-4)cc2)c1C. The first-order valence-corrected chi connectivity index (χ1v) is 21.7. The zero-order valence-electron chi connectivity index (χ0n) is 35.9. The molecule has 60 heavy (non-hydrogen) atoms. The third kappa shape index (κ3) is 6.61. The van der Waals surface area contributed by atoms with Crippen molar-refractivity contribution in [3.8, 4) is 44.5 Å². The molecule has 1 heterocycles. The van der Waals surface area contributed by atoms with Crippen molar-refractivity contribution in [1.29, 1.82) is 0 Å². The van der Waals surface area contributed by atoms with Gasteiger partial charge in [0.25, 0.3) is 0 Å². The number of para-hydroxylation sites is 1. The molecule has 8 aromatic carbocycles. The maximum absolute atomic E-state index is 6.14. The number of hydrogen-bond acceptors (Lipinski definition) is 2. The predicted octanol–water partition coefficient (Wildman–Crippen LogP) is 17.2. The maximum Gasteiger partial charge on any atom is 0.135 e. The van der Waals surface area contributed by atoms with Crippen LogP contribution in [0.25, 0.3) is 66.4 Å². The standard InChI is InChI=1S/C56H47NO.C2H6/c1-6-36(2)44-14-7-8-15-47(44)46-19-13-18-45(37(46)3)39-24-29-42(30-25-39)57(43-31-32-49-48-16-9-11-20-52(48)56(4,5)53(49)35-43)41-27-22-38(23-28-41)40-26-33-55-51(34-40)50-17-10-12-21-54(50)58-55;1-2/h7-36H,6H2,1-5H3;1-2H3. The molecule has 2 heteroatoms. The van der Waals surface area contributed by atoms with E-state index >= 15 is 0 Å². The Hall–Kier alpha value is -6.64. The van der Waals surface area contributed by atoms with Gasteiger partial charge in [-0.15, -0.1) is 0 Å². The number of benzene rings is 8. The molecule has 1 aliphatic carbocycles. The molecule has 1 aliphatic rings. The molecule has 1 aromatic heterocycles. The fourth-order valence-electron chi connectivity index (χ4n) is 9.41. The first-order chi connectivity index (χ1) is 29.3. The normalized spacial score (nSPS) is 13.1. The van der Waals surface area contributed by atoms with Crippen molar-refractivity contribution in [3.63, 3.8) is 0 Å². The smallest absolute Gasteiger partial charge is 0.135 e. The molecule has 1 atom stereocenters. The Morgan fingerprint density at radius 2 is 1.05 bits per heavy atom. The van der Waals surface area contributed by atoms with Crippen LogP contribution in [0.1, 0.15) is 76.1 Å². The molecule has 296 valence electrons. The molecule has 0 radical (unpaired) electrons. The van der Waals surface area contributed by atoms with E-state index in [-0.39, 0.29) is 5.41 Å². The molecular weight excluding hydrogens is 727 g/mol. The highest BCUT2D eigenvalue weighted by atomic mass is 16.3.